The summed E-state index contributed by atoms with van der Waals surface area (Å²) in [4.78, 5) is 27.6. The predicted octanol–water partition coefficient (Wildman–Crippen LogP) is -2.19. The van der Waals surface area contributed by atoms with Crippen LogP contribution in [0.1, 0.15) is 6.23 Å². The Hall–Kier alpha value is -2.17. The van der Waals surface area contributed by atoms with E-state index in [-0.39, 0.29) is 37.8 Å². The van der Waals surface area contributed by atoms with Gasteiger partial charge >= 0.3 is 11.7 Å². The summed E-state index contributed by atoms with van der Waals surface area (Å²) >= 11 is 0. The van der Waals surface area contributed by atoms with E-state index in [0.29, 0.717) is 0 Å². The van der Waals surface area contributed by atoms with E-state index in [1.807, 2.05) is 0 Å². The summed E-state index contributed by atoms with van der Waals surface area (Å²) < 4.78 is 6.51. The molecule has 0 bridgehead atoms. The number of hydrogen-bond donors (Lipinski definition) is 4. The number of hydrogen-bond acceptors (Lipinski definition) is 8. The molecule has 1 fully saturated rings. The molecule has 0 aromatic carbocycles. The van der Waals surface area contributed by atoms with Crippen LogP contribution >= 0.6 is 0 Å². The molecular weight excluding hydrogens is 284 g/mol. The standard InChI is InChI=1S/C11H16N4O6/c12-10-7(17)2-15(11(20)13-10)8-3-14(4-9(18)19)1-6(5-16)21-8/h2,6,8,16-17H,1,3-5H2,(H,18,19)(H2,12,13,20). The fourth-order valence-corrected chi connectivity index (χ4v) is 2.14. The van der Waals surface area contributed by atoms with Crippen molar-refractivity contribution in [2.24, 2.45) is 0 Å². The fourth-order valence-electron chi connectivity index (χ4n) is 2.14. The number of nitrogens with two attached hydrogens (primary N) is 1. The summed E-state index contributed by atoms with van der Waals surface area (Å²) in [5, 5.41) is 27.6. The third kappa shape index (κ3) is 3.48. The topological polar surface area (TPSA) is 151 Å². The summed E-state index contributed by atoms with van der Waals surface area (Å²) in [5.74, 6) is -1.71. The highest BCUT2D eigenvalue weighted by molar-refractivity contribution is 5.69. The summed E-state index contributed by atoms with van der Waals surface area (Å²) in [7, 11) is 0. The van der Waals surface area contributed by atoms with Gasteiger partial charge in [0, 0.05) is 13.1 Å². The molecule has 0 radical (unpaired) electrons. The molecule has 0 amide bonds. The molecule has 1 aromatic heterocycles. The van der Waals surface area contributed by atoms with Crippen molar-refractivity contribution in [2.45, 2.75) is 12.3 Å². The molecule has 1 aliphatic rings. The number of carbonyl (C=O) groups is 1. The van der Waals surface area contributed by atoms with Crippen molar-refractivity contribution in [3.8, 4) is 5.75 Å². The number of carboxylic acid groups (broad SMARTS) is 1. The average molecular weight is 300 g/mol. The molecule has 10 heteroatoms. The molecule has 2 atom stereocenters. The van der Waals surface area contributed by atoms with Gasteiger partial charge < -0.3 is 25.8 Å². The molecule has 0 saturated carbocycles. The molecule has 2 unspecified atom stereocenters. The summed E-state index contributed by atoms with van der Waals surface area (Å²) in [6.45, 7) is -0.245. The van der Waals surface area contributed by atoms with Crippen LogP contribution in [0.25, 0.3) is 0 Å². The van der Waals surface area contributed by atoms with Gasteiger partial charge in [0.2, 0.25) is 0 Å². The highest BCUT2D eigenvalue weighted by Crippen LogP contribution is 2.21. The van der Waals surface area contributed by atoms with Crippen LogP contribution in [-0.2, 0) is 9.53 Å². The molecule has 1 aromatic rings. The number of aromatic hydroxyl groups is 1. The highest BCUT2D eigenvalue weighted by Gasteiger charge is 2.30. The number of nitrogens with zero attached hydrogens (tertiary/aromatic N) is 3. The van der Waals surface area contributed by atoms with Crippen molar-refractivity contribution in [2.75, 3.05) is 32.0 Å². The summed E-state index contributed by atoms with van der Waals surface area (Å²) in [5.41, 5.74) is 4.59. The maximum atomic E-state index is 11.8. The first-order valence-electron chi connectivity index (χ1n) is 6.18. The predicted molar refractivity (Wildman–Crippen MR) is 69.6 cm³/mol. The smallest absolute Gasteiger partial charge is 0.351 e. The lowest BCUT2D eigenvalue weighted by Crippen LogP contribution is -2.50. The molecule has 21 heavy (non-hydrogen) atoms. The van der Waals surface area contributed by atoms with E-state index < -0.39 is 24.0 Å². The lowest BCUT2D eigenvalue weighted by Gasteiger charge is -2.37. The normalized spacial score (nSPS) is 23.1. The van der Waals surface area contributed by atoms with Crippen LogP contribution in [-0.4, -0.2) is 68.1 Å². The third-order valence-electron chi connectivity index (χ3n) is 3.06. The Morgan fingerprint density at radius 1 is 1.52 bits per heavy atom. The van der Waals surface area contributed by atoms with E-state index in [0.717, 1.165) is 10.8 Å². The second-order valence-corrected chi connectivity index (χ2v) is 4.68. The number of morpholine rings is 1. The van der Waals surface area contributed by atoms with E-state index in [4.69, 9.17) is 15.6 Å². The molecule has 2 rings (SSSR count). The number of aliphatic hydroxyl groups is 1. The first-order valence-corrected chi connectivity index (χ1v) is 6.18. The number of aliphatic carboxylic acids is 1. The van der Waals surface area contributed by atoms with Crippen molar-refractivity contribution >= 4 is 11.8 Å². The third-order valence-corrected chi connectivity index (χ3v) is 3.06. The van der Waals surface area contributed by atoms with E-state index in [1.165, 1.54) is 4.90 Å². The van der Waals surface area contributed by atoms with Crippen LogP contribution in [0, 0.1) is 0 Å². The van der Waals surface area contributed by atoms with Gasteiger partial charge in [-0.3, -0.25) is 14.3 Å². The molecule has 1 saturated heterocycles. The van der Waals surface area contributed by atoms with E-state index in [1.54, 1.807) is 0 Å². The lowest BCUT2D eigenvalue weighted by atomic mass is 10.2. The number of aromatic nitrogens is 2. The molecule has 5 N–H and O–H groups in total. The largest absolute Gasteiger partial charge is 0.503 e. The maximum absolute atomic E-state index is 11.8. The SMILES string of the molecule is Nc1nc(=O)n(C2CN(CC(=O)O)CC(CO)O2)cc1O. The van der Waals surface area contributed by atoms with Crippen molar-refractivity contribution in [3.05, 3.63) is 16.7 Å². The van der Waals surface area contributed by atoms with Gasteiger partial charge in [-0.15, -0.1) is 0 Å². The van der Waals surface area contributed by atoms with Crippen LogP contribution in [0.5, 0.6) is 5.75 Å². The van der Waals surface area contributed by atoms with Crippen LogP contribution in [0.15, 0.2) is 11.0 Å². The quantitative estimate of drug-likeness (QED) is 0.485. The Kier molecular flexibility index (Phi) is 4.40. The minimum absolute atomic E-state index is 0.105. The molecule has 116 valence electrons. The first kappa shape index (κ1) is 15.2. The highest BCUT2D eigenvalue weighted by atomic mass is 16.5. The molecule has 1 aliphatic heterocycles. The monoisotopic (exact) mass is 300 g/mol. The van der Waals surface area contributed by atoms with Crippen molar-refractivity contribution < 1.29 is 24.9 Å². The van der Waals surface area contributed by atoms with Crippen LogP contribution in [0.3, 0.4) is 0 Å². The number of ether oxygens (including phenoxy) is 1. The molecular formula is C11H16N4O6. The maximum Gasteiger partial charge on any atom is 0.351 e. The fraction of sp³-hybridized carbons (Fsp3) is 0.545. The second-order valence-electron chi connectivity index (χ2n) is 4.68. The van der Waals surface area contributed by atoms with Gasteiger partial charge in [0.15, 0.2) is 17.8 Å². The van der Waals surface area contributed by atoms with Gasteiger partial charge in [-0.05, 0) is 0 Å². The number of carboxylic acids is 1. The van der Waals surface area contributed by atoms with Crippen molar-refractivity contribution in [3.63, 3.8) is 0 Å². The van der Waals surface area contributed by atoms with Gasteiger partial charge in [0.05, 0.1) is 25.5 Å². The lowest BCUT2D eigenvalue weighted by molar-refractivity contribution is -0.152. The Labute approximate surface area is 119 Å². The number of nitrogen functional groups attached to an aromatic ring is 1. The zero-order chi connectivity index (χ0) is 15.6. The van der Waals surface area contributed by atoms with Crippen LogP contribution in [0.2, 0.25) is 0 Å². The number of anilines is 1. The zero-order valence-corrected chi connectivity index (χ0v) is 11.0. The zero-order valence-electron chi connectivity index (χ0n) is 11.0. The Balaban J connectivity index is 2.27. The minimum Gasteiger partial charge on any atom is -0.503 e. The van der Waals surface area contributed by atoms with Gasteiger partial charge in [-0.1, -0.05) is 0 Å². The Morgan fingerprint density at radius 3 is 2.86 bits per heavy atom. The van der Waals surface area contributed by atoms with Crippen molar-refractivity contribution in [1.82, 2.24) is 14.5 Å². The van der Waals surface area contributed by atoms with E-state index >= 15 is 0 Å². The second kappa shape index (κ2) is 6.08. The summed E-state index contributed by atoms with van der Waals surface area (Å²) in [6.07, 6.45) is -0.440. The summed E-state index contributed by atoms with van der Waals surface area (Å²) in [6, 6.07) is 0. The van der Waals surface area contributed by atoms with E-state index in [2.05, 4.69) is 4.98 Å². The van der Waals surface area contributed by atoms with Gasteiger partial charge in [-0.25, -0.2) is 4.79 Å². The Morgan fingerprint density at radius 2 is 2.24 bits per heavy atom. The number of rotatable bonds is 4. The first-order chi connectivity index (χ1) is 9.90. The van der Waals surface area contributed by atoms with Crippen molar-refractivity contribution in [1.29, 1.82) is 0 Å². The van der Waals surface area contributed by atoms with Gasteiger partial charge in [-0.2, -0.15) is 4.98 Å². The molecule has 0 aliphatic carbocycles. The average Bonchev–Trinajstić information content (AvgIpc) is 2.41. The van der Waals surface area contributed by atoms with Gasteiger partial charge in [0.1, 0.15) is 0 Å². The Bertz CT molecular complexity index is 589. The van der Waals surface area contributed by atoms with Gasteiger partial charge in [0.25, 0.3) is 0 Å². The number of aliphatic hydroxyl groups excluding tert-OH is 1. The minimum atomic E-state index is -1.03. The molecule has 0 spiro atoms. The molecule has 2 heterocycles. The van der Waals surface area contributed by atoms with Crippen LogP contribution in [0.4, 0.5) is 5.82 Å². The molecule has 10 nitrogen and oxygen atoms in total. The van der Waals surface area contributed by atoms with E-state index in [9.17, 15) is 19.8 Å². The van der Waals surface area contributed by atoms with Crippen LogP contribution < -0.4 is 11.4 Å².